The van der Waals surface area contributed by atoms with Crippen LogP contribution in [0.3, 0.4) is 0 Å². The summed E-state index contributed by atoms with van der Waals surface area (Å²) in [4.78, 5) is 12.9. The molecule has 0 saturated carbocycles. The Balaban J connectivity index is 0.00000372. The fourth-order valence-electron chi connectivity index (χ4n) is 8.18. The maximum atomic E-state index is 5.76. The van der Waals surface area contributed by atoms with Crippen LogP contribution in [0.1, 0.15) is 16.8 Å². The van der Waals surface area contributed by atoms with Crippen molar-refractivity contribution >= 4 is 70.5 Å². The molecule has 2 aliphatic heterocycles. The molecule has 0 amide bonds. The molecular weight excluding hydrogens is 736 g/mol. The van der Waals surface area contributed by atoms with Gasteiger partial charge in [0.25, 0.3) is 0 Å². The molecule has 1 radical (unpaired) electrons. The van der Waals surface area contributed by atoms with E-state index < -0.39 is 8.80 Å². The molecule has 0 N–H and O–H groups in total. The number of fused-ring (bicyclic) bond motifs is 5. The zero-order valence-electron chi connectivity index (χ0n) is 29.9. The molecule has 5 heterocycles. The second kappa shape index (κ2) is 13.4. The maximum Gasteiger partial charge on any atom is 2.00 e. The quantitative estimate of drug-likeness (QED) is 0.0997. The SMILES string of the molecule is CN1c2ccc(-c3cn(C)c4c3[cH-]c[n+]4C)[c-]c2N(c2ccc3c(n2)C([Si](c2ccccc2)c2ccccc2)c2ccccc2S3)c2ccccc21.[Zn+2]. The minimum Gasteiger partial charge on any atom is -0.381 e. The molecule has 8 heteroatoms. The summed E-state index contributed by atoms with van der Waals surface area (Å²) in [6.07, 6.45) is 4.36. The predicted octanol–water partition coefficient (Wildman–Crippen LogP) is 8.58. The maximum absolute atomic E-state index is 5.76. The Kier molecular flexibility index (Phi) is 8.50. The molecule has 0 saturated heterocycles. The van der Waals surface area contributed by atoms with Crippen LogP contribution in [-0.2, 0) is 33.6 Å². The molecular formula is C45H35N5SSiZn+. The van der Waals surface area contributed by atoms with Crippen molar-refractivity contribution in [3.05, 3.63) is 169 Å². The number of rotatable bonds is 5. The van der Waals surface area contributed by atoms with Crippen LogP contribution in [0.5, 0.6) is 0 Å². The Bertz CT molecular complexity index is 2600. The Hall–Kier alpha value is -5.14. The average molecular weight is 771 g/mol. The van der Waals surface area contributed by atoms with Gasteiger partial charge in [0.1, 0.15) is 14.6 Å². The second-order valence-electron chi connectivity index (χ2n) is 13.6. The molecule has 1 atom stereocenters. The van der Waals surface area contributed by atoms with Crippen molar-refractivity contribution in [1.82, 2.24) is 9.55 Å². The minimum atomic E-state index is -1.37. The topological polar surface area (TPSA) is 28.2 Å². The van der Waals surface area contributed by atoms with Gasteiger partial charge in [0.15, 0.2) is 5.65 Å². The molecule has 10 rings (SSSR count). The Morgan fingerprint density at radius 2 is 1.42 bits per heavy atom. The largest absolute Gasteiger partial charge is 2.00 e. The Morgan fingerprint density at radius 1 is 0.736 bits per heavy atom. The van der Waals surface area contributed by atoms with Crippen molar-refractivity contribution in [1.29, 1.82) is 0 Å². The van der Waals surface area contributed by atoms with Gasteiger partial charge in [0, 0.05) is 34.8 Å². The van der Waals surface area contributed by atoms with Gasteiger partial charge in [0.2, 0.25) is 0 Å². The van der Waals surface area contributed by atoms with E-state index >= 15 is 0 Å². The van der Waals surface area contributed by atoms with E-state index in [9.17, 15) is 0 Å². The van der Waals surface area contributed by atoms with E-state index in [0.717, 1.165) is 39.8 Å². The summed E-state index contributed by atoms with van der Waals surface area (Å²) in [5.41, 5.74) is 10.3. The minimum absolute atomic E-state index is 0. The fourth-order valence-corrected chi connectivity index (χ4v) is 12.6. The van der Waals surface area contributed by atoms with Crippen LogP contribution in [0.4, 0.5) is 28.6 Å². The molecule has 3 aromatic heterocycles. The summed E-state index contributed by atoms with van der Waals surface area (Å²) in [5, 5.41) is 3.98. The zero-order valence-corrected chi connectivity index (χ0v) is 34.6. The van der Waals surface area contributed by atoms with Gasteiger partial charge in [-0.2, -0.15) is 0 Å². The van der Waals surface area contributed by atoms with E-state index in [2.05, 4.69) is 198 Å². The first kappa shape index (κ1) is 33.7. The first-order valence-electron chi connectivity index (χ1n) is 17.6. The van der Waals surface area contributed by atoms with Crippen molar-refractivity contribution in [2.45, 2.75) is 15.3 Å². The molecule has 5 nitrogen and oxygen atoms in total. The molecule has 0 fully saturated rings. The van der Waals surface area contributed by atoms with Gasteiger partial charge in [-0.3, -0.25) is 4.57 Å². The number of benzene rings is 5. The van der Waals surface area contributed by atoms with Gasteiger partial charge in [-0.05, 0) is 47.3 Å². The summed E-state index contributed by atoms with van der Waals surface area (Å²) in [6, 6.07) is 54.9. The van der Waals surface area contributed by atoms with Gasteiger partial charge in [-0.25, -0.2) is 4.98 Å². The Morgan fingerprint density at radius 3 is 2.17 bits per heavy atom. The van der Waals surface area contributed by atoms with Crippen LogP contribution in [0.2, 0.25) is 0 Å². The van der Waals surface area contributed by atoms with E-state index in [1.807, 2.05) is 11.8 Å². The van der Waals surface area contributed by atoms with Crippen LogP contribution in [0, 0.1) is 6.07 Å². The smallest absolute Gasteiger partial charge is 0.381 e. The first-order chi connectivity index (χ1) is 25.5. The molecule has 1 unspecified atom stereocenters. The molecule has 0 bridgehead atoms. The number of hydrogen-bond donors (Lipinski definition) is 0. The van der Waals surface area contributed by atoms with E-state index in [1.54, 1.807) is 0 Å². The van der Waals surface area contributed by atoms with E-state index in [0.29, 0.717) is 0 Å². The van der Waals surface area contributed by atoms with Gasteiger partial charge < -0.3 is 14.4 Å². The summed E-state index contributed by atoms with van der Waals surface area (Å²) < 4.78 is 4.38. The van der Waals surface area contributed by atoms with Crippen molar-refractivity contribution in [2.24, 2.45) is 14.1 Å². The number of para-hydroxylation sites is 2. The van der Waals surface area contributed by atoms with Crippen LogP contribution < -0.4 is 24.7 Å². The molecule has 8 aromatic rings. The van der Waals surface area contributed by atoms with Crippen LogP contribution in [0.25, 0.3) is 22.2 Å². The van der Waals surface area contributed by atoms with Crippen molar-refractivity contribution in [2.75, 3.05) is 16.8 Å². The number of anilines is 5. The molecule has 53 heavy (non-hydrogen) atoms. The average Bonchev–Trinajstić information content (AvgIpc) is 3.75. The third kappa shape index (κ3) is 5.42. The standard InChI is InChI=1S/C45H35N5SSi.Zn/c1-47-27-26-33-35(29-48(2)45(33)47)30-22-23-37-39(28-30)50(38-20-12-11-19-36(38)49(37)3)42-25-24-41-43(46-42)44(34-18-10-13-21-40(34)51-41)52(31-14-6-4-7-15-31)32-16-8-5-9-17-32;/h4-27,29,44H,1-3H3;/q-1;+2. The monoisotopic (exact) mass is 769 g/mol. The van der Waals surface area contributed by atoms with E-state index in [-0.39, 0.29) is 25.0 Å². The molecule has 251 valence electrons. The molecule has 0 spiro atoms. The van der Waals surface area contributed by atoms with E-state index in [1.165, 1.54) is 42.3 Å². The fraction of sp³-hybridized carbons (Fsp3) is 0.0889. The summed E-state index contributed by atoms with van der Waals surface area (Å²) in [5.74, 6) is 0.902. The second-order valence-corrected chi connectivity index (χ2v) is 17.2. The normalized spacial score (nSPS) is 14.4. The number of hydrogen-bond acceptors (Lipinski definition) is 4. The van der Waals surface area contributed by atoms with Crippen molar-refractivity contribution < 1.29 is 24.0 Å². The Labute approximate surface area is 328 Å². The predicted molar refractivity (Wildman–Crippen MR) is 215 cm³/mol. The van der Waals surface area contributed by atoms with Crippen molar-refractivity contribution in [3.63, 3.8) is 0 Å². The number of pyridine rings is 1. The third-order valence-electron chi connectivity index (χ3n) is 10.5. The molecule has 0 aliphatic carbocycles. The number of aryl methyl sites for hydroxylation is 2. The van der Waals surface area contributed by atoms with Gasteiger partial charge >= 0.3 is 19.5 Å². The third-order valence-corrected chi connectivity index (χ3v) is 14.8. The molecule has 5 aromatic carbocycles. The van der Waals surface area contributed by atoms with Gasteiger partial charge in [-0.15, -0.1) is 29.8 Å². The van der Waals surface area contributed by atoms with Crippen LogP contribution in [-0.4, -0.2) is 25.4 Å². The van der Waals surface area contributed by atoms with Gasteiger partial charge in [-0.1, -0.05) is 124 Å². The summed E-state index contributed by atoms with van der Waals surface area (Å²) in [6.45, 7) is 0. The first-order valence-corrected chi connectivity index (χ1v) is 20.0. The van der Waals surface area contributed by atoms with E-state index in [4.69, 9.17) is 4.98 Å². The number of aromatic nitrogens is 3. The van der Waals surface area contributed by atoms with Crippen LogP contribution >= 0.6 is 11.8 Å². The van der Waals surface area contributed by atoms with Crippen molar-refractivity contribution in [3.8, 4) is 11.1 Å². The molecule has 2 aliphatic rings. The zero-order chi connectivity index (χ0) is 34.9. The van der Waals surface area contributed by atoms with Gasteiger partial charge in [0.05, 0.1) is 31.2 Å². The van der Waals surface area contributed by atoms with Crippen LogP contribution in [0.15, 0.2) is 162 Å². The summed E-state index contributed by atoms with van der Waals surface area (Å²) in [7, 11) is 5.00. The number of nitrogens with zero attached hydrogens (tertiary/aromatic N) is 5. The summed E-state index contributed by atoms with van der Waals surface area (Å²) >= 11 is 1.84.